The molecule has 2 N–H and O–H groups in total. The van der Waals surface area contributed by atoms with Crippen LogP contribution in [0, 0.1) is 13.8 Å². The number of aryl methyl sites for hydroxylation is 4. The smallest absolute Gasteiger partial charge is 0.171 e. The summed E-state index contributed by atoms with van der Waals surface area (Å²) < 4.78 is 3.68. The minimum Gasteiger partial charge on any atom is -0.358 e. The topological polar surface area (TPSA) is 59.7 Å². The minimum atomic E-state index is 0.588. The number of aromatic nitrogens is 4. The number of rotatable bonds is 4. The SMILES string of the molecule is CCn1cc(CNC(=S)Nc2cn(C)nc2C)c(C)n1. The zero-order chi connectivity index (χ0) is 14.7. The molecule has 2 aromatic rings. The Kier molecular flexibility index (Phi) is 4.39. The lowest BCUT2D eigenvalue weighted by molar-refractivity contribution is 0.653. The predicted octanol–water partition coefficient (Wildman–Crippen LogP) is 1.74. The van der Waals surface area contributed by atoms with Crippen molar-refractivity contribution in [2.45, 2.75) is 33.9 Å². The first-order valence-corrected chi connectivity index (χ1v) is 6.98. The Morgan fingerprint density at radius 1 is 1.25 bits per heavy atom. The van der Waals surface area contributed by atoms with Crippen LogP contribution in [-0.2, 0) is 20.1 Å². The van der Waals surface area contributed by atoms with Crippen molar-refractivity contribution in [1.82, 2.24) is 24.9 Å². The summed E-state index contributed by atoms with van der Waals surface area (Å²) in [7, 11) is 1.89. The van der Waals surface area contributed by atoms with E-state index in [1.54, 1.807) is 4.68 Å². The predicted molar refractivity (Wildman–Crippen MR) is 83.6 cm³/mol. The highest BCUT2D eigenvalue weighted by atomic mass is 32.1. The highest BCUT2D eigenvalue weighted by molar-refractivity contribution is 7.80. The first kappa shape index (κ1) is 14.5. The fourth-order valence-electron chi connectivity index (χ4n) is 1.96. The summed E-state index contributed by atoms with van der Waals surface area (Å²) >= 11 is 5.30. The molecule has 0 bridgehead atoms. The molecule has 0 atom stereocenters. The van der Waals surface area contributed by atoms with E-state index < -0.39 is 0 Å². The molecule has 108 valence electrons. The number of nitrogens with zero attached hydrogens (tertiary/aromatic N) is 4. The van der Waals surface area contributed by atoms with E-state index in [2.05, 4.69) is 27.8 Å². The molecule has 6 nitrogen and oxygen atoms in total. The second-order valence-corrected chi connectivity index (χ2v) is 5.11. The van der Waals surface area contributed by atoms with Gasteiger partial charge in [0.05, 0.1) is 17.1 Å². The molecule has 2 rings (SSSR count). The van der Waals surface area contributed by atoms with Crippen molar-refractivity contribution >= 4 is 23.0 Å². The largest absolute Gasteiger partial charge is 0.358 e. The van der Waals surface area contributed by atoms with E-state index in [-0.39, 0.29) is 0 Å². The van der Waals surface area contributed by atoms with Crippen LogP contribution in [0.2, 0.25) is 0 Å². The molecule has 0 radical (unpaired) electrons. The van der Waals surface area contributed by atoms with Gasteiger partial charge in [0, 0.05) is 38.1 Å². The molecule has 2 aromatic heterocycles. The summed E-state index contributed by atoms with van der Waals surface area (Å²) in [5.74, 6) is 0. The Balaban J connectivity index is 1.92. The molecular weight excluding hydrogens is 272 g/mol. The Bertz CT molecular complexity index is 612. The van der Waals surface area contributed by atoms with Crippen LogP contribution in [0.4, 0.5) is 5.69 Å². The molecular formula is C13H20N6S. The van der Waals surface area contributed by atoms with Gasteiger partial charge in [0.15, 0.2) is 5.11 Å². The van der Waals surface area contributed by atoms with Gasteiger partial charge in [-0.05, 0) is 33.0 Å². The average Bonchev–Trinajstić information content (AvgIpc) is 2.90. The van der Waals surface area contributed by atoms with Gasteiger partial charge in [-0.25, -0.2) is 0 Å². The van der Waals surface area contributed by atoms with E-state index in [0.29, 0.717) is 11.7 Å². The van der Waals surface area contributed by atoms with Crippen molar-refractivity contribution in [3.8, 4) is 0 Å². The third-order valence-electron chi connectivity index (χ3n) is 3.07. The van der Waals surface area contributed by atoms with E-state index in [1.165, 1.54) is 0 Å². The Morgan fingerprint density at radius 3 is 2.55 bits per heavy atom. The molecule has 0 fully saturated rings. The van der Waals surface area contributed by atoms with Crippen molar-refractivity contribution in [1.29, 1.82) is 0 Å². The van der Waals surface area contributed by atoms with Crippen molar-refractivity contribution in [3.05, 3.63) is 29.3 Å². The number of nitrogens with one attached hydrogen (secondary N) is 2. The summed E-state index contributed by atoms with van der Waals surface area (Å²) in [6.45, 7) is 7.56. The minimum absolute atomic E-state index is 0.588. The molecule has 0 aliphatic rings. The van der Waals surface area contributed by atoms with E-state index in [4.69, 9.17) is 12.2 Å². The van der Waals surface area contributed by atoms with Crippen LogP contribution < -0.4 is 10.6 Å². The molecule has 0 unspecified atom stereocenters. The standard InChI is InChI=1S/C13H20N6S/c1-5-19-7-11(9(2)17-19)6-14-13(20)15-12-8-18(4)16-10(12)3/h7-8H,5-6H2,1-4H3,(H2,14,15,20). The highest BCUT2D eigenvalue weighted by Crippen LogP contribution is 2.11. The maximum atomic E-state index is 5.30. The third kappa shape index (κ3) is 3.36. The number of hydrogen-bond donors (Lipinski definition) is 2. The monoisotopic (exact) mass is 292 g/mol. The van der Waals surface area contributed by atoms with Crippen LogP contribution in [0.3, 0.4) is 0 Å². The van der Waals surface area contributed by atoms with Gasteiger partial charge in [0.1, 0.15) is 0 Å². The first-order valence-electron chi connectivity index (χ1n) is 6.57. The lowest BCUT2D eigenvalue weighted by Gasteiger charge is -2.08. The maximum Gasteiger partial charge on any atom is 0.171 e. The van der Waals surface area contributed by atoms with Crippen molar-refractivity contribution < 1.29 is 0 Å². The normalized spacial score (nSPS) is 10.6. The second kappa shape index (κ2) is 6.04. The molecule has 20 heavy (non-hydrogen) atoms. The quantitative estimate of drug-likeness (QED) is 0.841. The van der Waals surface area contributed by atoms with Crippen molar-refractivity contribution in [2.24, 2.45) is 7.05 Å². The van der Waals surface area contributed by atoms with Crippen molar-refractivity contribution in [3.63, 3.8) is 0 Å². The van der Waals surface area contributed by atoms with Crippen LogP contribution in [0.5, 0.6) is 0 Å². The van der Waals surface area contributed by atoms with Crippen LogP contribution in [0.1, 0.15) is 23.9 Å². The summed E-state index contributed by atoms with van der Waals surface area (Å²) in [4.78, 5) is 0. The molecule has 0 aliphatic carbocycles. The van der Waals surface area contributed by atoms with Gasteiger partial charge in [-0.15, -0.1) is 0 Å². The zero-order valence-corrected chi connectivity index (χ0v) is 13.1. The van der Waals surface area contributed by atoms with E-state index in [9.17, 15) is 0 Å². The average molecular weight is 292 g/mol. The van der Waals surface area contributed by atoms with Crippen LogP contribution in [0.25, 0.3) is 0 Å². The summed E-state index contributed by atoms with van der Waals surface area (Å²) in [6, 6.07) is 0. The molecule has 0 aromatic carbocycles. The van der Waals surface area contributed by atoms with Crippen LogP contribution in [0.15, 0.2) is 12.4 Å². The molecule has 7 heteroatoms. The third-order valence-corrected chi connectivity index (χ3v) is 3.32. The summed E-state index contributed by atoms with van der Waals surface area (Å²) in [6.07, 6.45) is 3.95. The lowest BCUT2D eigenvalue weighted by Crippen LogP contribution is -2.28. The maximum absolute atomic E-state index is 5.30. The van der Waals surface area contributed by atoms with Gasteiger partial charge >= 0.3 is 0 Å². The zero-order valence-electron chi connectivity index (χ0n) is 12.3. The lowest BCUT2D eigenvalue weighted by atomic mass is 10.3. The van der Waals surface area contributed by atoms with Crippen molar-refractivity contribution in [2.75, 3.05) is 5.32 Å². The fourth-order valence-corrected chi connectivity index (χ4v) is 2.14. The van der Waals surface area contributed by atoms with Crippen LogP contribution >= 0.6 is 12.2 Å². The number of hydrogen-bond acceptors (Lipinski definition) is 3. The van der Waals surface area contributed by atoms with E-state index in [0.717, 1.165) is 29.2 Å². The van der Waals surface area contributed by atoms with Gasteiger partial charge in [-0.3, -0.25) is 9.36 Å². The Labute approximate surface area is 124 Å². The van der Waals surface area contributed by atoms with Gasteiger partial charge in [0.25, 0.3) is 0 Å². The second-order valence-electron chi connectivity index (χ2n) is 4.70. The van der Waals surface area contributed by atoms with Gasteiger partial charge in [-0.1, -0.05) is 0 Å². The van der Waals surface area contributed by atoms with Gasteiger partial charge in [-0.2, -0.15) is 10.2 Å². The first-order chi connectivity index (χ1) is 9.49. The van der Waals surface area contributed by atoms with Crippen LogP contribution in [-0.4, -0.2) is 24.7 Å². The fraction of sp³-hybridized carbons (Fsp3) is 0.462. The van der Waals surface area contributed by atoms with Gasteiger partial charge in [0.2, 0.25) is 0 Å². The number of thiocarbonyl (C=S) groups is 1. The molecule has 0 aliphatic heterocycles. The molecule has 2 heterocycles. The molecule has 0 saturated carbocycles. The molecule has 0 spiro atoms. The van der Waals surface area contributed by atoms with E-state index >= 15 is 0 Å². The Hall–Kier alpha value is -1.89. The Morgan fingerprint density at radius 2 is 2.00 bits per heavy atom. The van der Waals surface area contributed by atoms with E-state index in [1.807, 2.05) is 38.0 Å². The molecule has 0 amide bonds. The highest BCUT2D eigenvalue weighted by Gasteiger charge is 2.07. The number of anilines is 1. The molecule has 0 saturated heterocycles. The van der Waals surface area contributed by atoms with Gasteiger partial charge < -0.3 is 10.6 Å². The summed E-state index contributed by atoms with van der Waals surface area (Å²) in [5, 5.41) is 15.6. The summed E-state index contributed by atoms with van der Waals surface area (Å²) in [5.41, 5.74) is 4.02.